The van der Waals surface area contributed by atoms with E-state index in [1.165, 1.54) is 7.11 Å². The van der Waals surface area contributed by atoms with E-state index in [9.17, 15) is 9.59 Å². The van der Waals surface area contributed by atoms with Crippen molar-refractivity contribution in [2.24, 2.45) is 0 Å². The molecule has 2 N–H and O–H groups in total. The second-order valence-electron chi connectivity index (χ2n) is 6.23. The summed E-state index contributed by atoms with van der Waals surface area (Å²) in [6, 6.07) is 12.4. The second-order valence-corrected chi connectivity index (χ2v) is 6.23. The number of benzene rings is 2. The summed E-state index contributed by atoms with van der Waals surface area (Å²) in [5.74, 6) is -0.531. The minimum Gasteiger partial charge on any atom is -0.467 e. The highest BCUT2D eigenvalue weighted by Gasteiger charge is 2.23. The molecule has 2 aromatic carbocycles. The minimum atomic E-state index is -0.845. The number of ether oxygens (including phenoxy) is 2. The smallest absolute Gasteiger partial charge is 0.408 e. The van der Waals surface area contributed by atoms with Crippen molar-refractivity contribution in [1.82, 2.24) is 15.5 Å². The van der Waals surface area contributed by atoms with Gasteiger partial charge in [0.1, 0.15) is 12.6 Å². The zero-order valence-electron chi connectivity index (χ0n) is 15.2. The number of aromatic amines is 1. The molecule has 1 heterocycles. The van der Waals surface area contributed by atoms with Crippen molar-refractivity contribution in [2.45, 2.75) is 26.0 Å². The van der Waals surface area contributed by atoms with Gasteiger partial charge in [-0.1, -0.05) is 36.4 Å². The first kappa shape index (κ1) is 18.4. The SMILES string of the molecule is COC(=O)[C@@H](Cc1cc(C)c2[nH]ncc2c1)NC(=O)OCc1ccccc1. The first-order chi connectivity index (χ1) is 13.1. The Morgan fingerprint density at radius 2 is 1.96 bits per heavy atom. The number of carbonyl (C=O) groups is 2. The topological polar surface area (TPSA) is 93.3 Å². The van der Waals surface area contributed by atoms with E-state index in [-0.39, 0.29) is 13.0 Å². The summed E-state index contributed by atoms with van der Waals surface area (Å²) in [7, 11) is 1.29. The van der Waals surface area contributed by atoms with E-state index in [0.717, 1.165) is 27.6 Å². The molecule has 3 rings (SSSR count). The van der Waals surface area contributed by atoms with Gasteiger partial charge in [-0.15, -0.1) is 0 Å². The van der Waals surface area contributed by atoms with Gasteiger partial charge in [-0.3, -0.25) is 5.10 Å². The molecule has 1 amide bonds. The molecule has 140 valence electrons. The number of aromatic nitrogens is 2. The minimum absolute atomic E-state index is 0.126. The largest absolute Gasteiger partial charge is 0.467 e. The lowest BCUT2D eigenvalue weighted by Crippen LogP contribution is -2.43. The number of aryl methyl sites for hydroxylation is 1. The lowest BCUT2D eigenvalue weighted by molar-refractivity contribution is -0.143. The van der Waals surface area contributed by atoms with E-state index < -0.39 is 18.1 Å². The molecule has 1 atom stereocenters. The molecule has 27 heavy (non-hydrogen) atoms. The Morgan fingerprint density at radius 1 is 1.19 bits per heavy atom. The van der Waals surface area contributed by atoms with Gasteiger partial charge in [0.15, 0.2) is 0 Å². The first-order valence-corrected chi connectivity index (χ1v) is 8.54. The molecule has 0 radical (unpaired) electrons. The van der Waals surface area contributed by atoms with Gasteiger partial charge in [-0.2, -0.15) is 5.10 Å². The summed E-state index contributed by atoms with van der Waals surface area (Å²) in [5, 5.41) is 10.5. The van der Waals surface area contributed by atoms with Gasteiger partial charge in [0.05, 0.1) is 18.8 Å². The fraction of sp³-hybridized carbons (Fsp3) is 0.250. The van der Waals surface area contributed by atoms with Crippen LogP contribution in [0.1, 0.15) is 16.7 Å². The van der Waals surface area contributed by atoms with Crippen molar-refractivity contribution in [3.8, 4) is 0 Å². The fourth-order valence-electron chi connectivity index (χ4n) is 2.91. The lowest BCUT2D eigenvalue weighted by Gasteiger charge is -2.17. The maximum atomic E-state index is 12.1. The number of rotatable bonds is 6. The molecule has 0 saturated heterocycles. The van der Waals surface area contributed by atoms with E-state index in [1.54, 1.807) is 6.20 Å². The van der Waals surface area contributed by atoms with Crippen molar-refractivity contribution in [3.05, 3.63) is 65.4 Å². The number of alkyl carbamates (subject to hydrolysis) is 1. The van der Waals surface area contributed by atoms with E-state index in [0.29, 0.717) is 0 Å². The molecule has 1 aromatic heterocycles. The van der Waals surface area contributed by atoms with Gasteiger partial charge in [0.25, 0.3) is 0 Å². The predicted molar refractivity (Wildman–Crippen MR) is 100 cm³/mol. The highest BCUT2D eigenvalue weighted by atomic mass is 16.6. The molecule has 0 aliphatic carbocycles. The number of hydrogen-bond donors (Lipinski definition) is 2. The van der Waals surface area contributed by atoms with Crippen molar-refractivity contribution < 1.29 is 19.1 Å². The number of fused-ring (bicyclic) bond motifs is 1. The first-order valence-electron chi connectivity index (χ1n) is 8.54. The van der Waals surface area contributed by atoms with Crippen molar-refractivity contribution in [1.29, 1.82) is 0 Å². The van der Waals surface area contributed by atoms with Gasteiger partial charge in [-0.05, 0) is 29.7 Å². The van der Waals surface area contributed by atoms with Crippen LogP contribution in [0.4, 0.5) is 4.79 Å². The maximum Gasteiger partial charge on any atom is 0.408 e. The average Bonchev–Trinajstić information content (AvgIpc) is 3.15. The van der Waals surface area contributed by atoms with E-state index >= 15 is 0 Å². The summed E-state index contributed by atoms with van der Waals surface area (Å²) in [6.07, 6.45) is 1.34. The molecule has 0 bridgehead atoms. The Balaban J connectivity index is 1.67. The Kier molecular flexibility index (Phi) is 5.71. The van der Waals surface area contributed by atoms with Crippen molar-refractivity contribution in [3.63, 3.8) is 0 Å². The number of nitrogens with one attached hydrogen (secondary N) is 2. The Morgan fingerprint density at radius 3 is 2.70 bits per heavy atom. The quantitative estimate of drug-likeness (QED) is 0.654. The Hall–Kier alpha value is -3.35. The summed E-state index contributed by atoms with van der Waals surface area (Å²) >= 11 is 0. The van der Waals surface area contributed by atoms with E-state index in [1.807, 2.05) is 49.4 Å². The van der Waals surface area contributed by atoms with Gasteiger partial charge in [0.2, 0.25) is 0 Å². The van der Waals surface area contributed by atoms with Crippen molar-refractivity contribution in [2.75, 3.05) is 7.11 Å². The molecule has 0 saturated carbocycles. The Bertz CT molecular complexity index is 937. The number of hydrogen-bond acceptors (Lipinski definition) is 5. The number of nitrogens with zero attached hydrogens (tertiary/aromatic N) is 1. The van der Waals surface area contributed by atoms with Crippen LogP contribution in [-0.4, -0.2) is 35.4 Å². The van der Waals surface area contributed by atoms with Crippen molar-refractivity contribution >= 4 is 23.0 Å². The van der Waals surface area contributed by atoms with Gasteiger partial charge < -0.3 is 14.8 Å². The monoisotopic (exact) mass is 367 g/mol. The summed E-state index contributed by atoms with van der Waals surface area (Å²) < 4.78 is 10.0. The second kappa shape index (κ2) is 8.35. The molecule has 7 nitrogen and oxygen atoms in total. The van der Waals surface area contributed by atoms with Crippen LogP contribution in [-0.2, 0) is 27.3 Å². The van der Waals surface area contributed by atoms with Crippen LogP contribution in [0.5, 0.6) is 0 Å². The van der Waals surface area contributed by atoms with Crippen LogP contribution in [0.2, 0.25) is 0 Å². The third-order valence-electron chi connectivity index (χ3n) is 4.24. The molecular formula is C20H21N3O4. The van der Waals surface area contributed by atoms with Crippen LogP contribution >= 0.6 is 0 Å². The maximum absolute atomic E-state index is 12.1. The number of esters is 1. The van der Waals surface area contributed by atoms with Crippen LogP contribution in [0.15, 0.2) is 48.7 Å². The van der Waals surface area contributed by atoms with Crippen LogP contribution in [0.3, 0.4) is 0 Å². The third-order valence-corrected chi connectivity index (χ3v) is 4.24. The van der Waals surface area contributed by atoms with E-state index in [4.69, 9.17) is 9.47 Å². The molecule has 0 fully saturated rings. The molecule has 0 aliphatic heterocycles. The average molecular weight is 367 g/mol. The summed E-state index contributed by atoms with van der Waals surface area (Å²) in [6.45, 7) is 2.08. The van der Waals surface area contributed by atoms with Crippen LogP contribution in [0.25, 0.3) is 10.9 Å². The highest BCUT2D eigenvalue weighted by Crippen LogP contribution is 2.19. The molecule has 0 unspecified atom stereocenters. The van der Waals surface area contributed by atoms with Gasteiger partial charge in [0, 0.05) is 11.8 Å². The zero-order valence-corrected chi connectivity index (χ0v) is 15.2. The van der Waals surface area contributed by atoms with Gasteiger partial charge in [-0.25, -0.2) is 9.59 Å². The van der Waals surface area contributed by atoms with Crippen LogP contribution in [0, 0.1) is 6.92 Å². The standard InChI is InChI=1S/C20H21N3O4/c1-13-8-15(9-16-11-21-23-18(13)16)10-17(19(24)26-2)22-20(25)27-12-14-6-4-3-5-7-14/h3-9,11,17H,10,12H2,1-2H3,(H,21,23)(H,22,25)/t17-/m1/s1. The van der Waals surface area contributed by atoms with Gasteiger partial charge >= 0.3 is 12.1 Å². The third kappa shape index (κ3) is 4.63. The summed E-state index contributed by atoms with van der Waals surface area (Å²) in [4.78, 5) is 24.2. The van der Waals surface area contributed by atoms with Crippen LogP contribution < -0.4 is 5.32 Å². The zero-order chi connectivity index (χ0) is 19.2. The number of H-pyrrole nitrogens is 1. The lowest BCUT2D eigenvalue weighted by atomic mass is 10.0. The normalized spacial score (nSPS) is 11.8. The Labute approximate surface area is 156 Å². The highest BCUT2D eigenvalue weighted by molar-refractivity contribution is 5.84. The molecular weight excluding hydrogens is 346 g/mol. The molecule has 7 heteroatoms. The van der Waals surface area contributed by atoms with E-state index in [2.05, 4.69) is 15.5 Å². The molecule has 0 spiro atoms. The number of carbonyl (C=O) groups excluding carboxylic acids is 2. The number of methoxy groups -OCH3 is 1. The number of amides is 1. The fourth-order valence-corrected chi connectivity index (χ4v) is 2.91. The summed E-state index contributed by atoms with van der Waals surface area (Å²) in [5.41, 5.74) is 3.71. The molecule has 3 aromatic rings. The predicted octanol–water partition coefficient (Wildman–Crippen LogP) is 2.88. The molecule has 0 aliphatic rings.